The molecule has 0 spiro atoms. The first kappa shape index (κ1) is 15.5. The molecule has 1 rings (SSSR count). The van der Waals surface area contributed by atoms with E-state index in [1.165, 1.54) is 0 Å². The van der Waals surface area contributed by atoms with Crippen LogP contribution in [-0.2, 0) is 11.3 Å². The molecule has 4 N–H and O–H groups in total. The van der Waals surface area contributed by atoms with E-state index in [0.29, 0.717) is 5.75 Å². The molecular formula is C14H22N2O3. The second-order valence-corrected chi connectivity index (χ2v) is 5.32. The first-order valence-corrected chi connectivity index (χ1v) is 6.24. The van der Waals surface area contributed by atoms with Crippen molar-refractivity contribution in [1.82, 2.24) is 5.32 Å². The molecule has 106 valence electrons. The van der Waals surface area contributed by atoms with Gasteiger partial charge in [0.2, 0.25) is 0 Å². The maximum absolute atomic E-state index is 10.6. The third-order valence-electron chi connectivity index (χ3n) is 2.67. The Labute approximate surface area is 113 Å². The molecule has 5 heteroatoms. The maximum atomic E-state index is 10.6. The molecule has 5 nitrogen and oxygen atoms in total. The number of primary amides is 1. The summed E-state index contributed by atoms with van der Waals surface area (Å²) >= 11 is 0. The highest BCUT2D eigenvalue weighted by Crippen LogP contribution is 2.14. The molecular weight excluding hydrogens is 244 g/mol. The summed E-state index contributed by atoms with van der Waals surface area (Å²) in [4.78, 5) is 10.6. The van der Waals surface area contributed by atoms with Crippen LogP contribution in [0.4, 0.5) is 0 Å². The predicted octanol–water partition coefficient (Wildman–Crippen LogP) is 0.659. The Hall–Kier alpha value is -1.59. The van der Waals surface area contributed by atoms with E-state index in [2.05, 4.69) is 5.32 Å². The van der Waals surface area contributed by atoms with Crippen molar-refractivity contribution in [3.05, 3.63) is 29.8 Å². The van der Waals surface area contributed by atoms with Gasteiger partial charge in [0.25, 0.3) is 5.91 Å². The zero-order valence-corrected chi connectivity index (χ0v) is 11.5. The largest absolute Gasteiger partial charge is 0.484 e. The Kier molecular flexibility index (Phi) is 5.79. The van der Waals surface area contributed by atoms with Gasteiger partial charge in [-0.15, -0.1) is 0 Å². The highest BCUT2D eigenvalue weighted by molar-refractivity contribution is 5.75. The van der Waals surface area contributed by atoms with E-state index in [1.54, 1.807) is 12.1 Å². The van der Waals surface area contributed by atoms with E-state index in [-0.39, 0.29) is 18.6 Å². The van der Waals surface area contributed by atoms with Gasteiger partial charge in [0.05, 0.1) is 0 Å². The van der Waals surface area contributed by atoms with Crippen molar-refractivity contribution >= 4 is 5.91 Å². The standard InChI is InChI=1S/C14H22N2O3/c1-14(2,10-17)9-16-7-11-3-5-12(6-4-11)19-8-13(15)18/h3-6,16-17H,7-10H2,1-2H3,(H2,15,18). The lowest BCUT2D eigenvalue weighted by atomic mass is 9.95. The van der Waals surface area contributed by atoms with Gasteiger partial charge < -0.3 is 20.9 Å². The number of aliphatic hydroxyl groups is 1. The Morgan fingerprint density at radius 1 is 1.37 bits per heavy atom. The summed E-state index contributed by atoms with van der Waals surface area (Å²) < 4.78 is 5.17. The first-order chi connectivity index (χ1) is 8.93. The number of amides is 1. The average molecular weight is 266 g/mol. The van der Waals surface area contributed by atoms with E-state index in [4.69, 9.17) is 15.6 Å². The van der Waals surface area contributed by atoms with Crippen molar-refractivity contribution in [3.63, 3.8) is 0 Å². The molecule has 19 heavy (non-hydrogen) atoms. The second kappa shape index (κ2) is 7.11. The third-order valence-corrected chi connectivity index (χ3v) is 2.67. The van der Waals surface area contributed by atoms with Crippen molar-refractivity contribution in [2.45, 2.75) is 20.4 Å². The number of aliphatic hydroxyl groups excluding tert-OH is 1. The summed E-state index contributed by atoms with van der Waals surface area (Å²) in [5, 5.41) is 12.4. The quantitative estimate of drug-likeness (QED) is 0.645. The molecule has 0 saturated carbocycles. The lowest BCUT2D eigenvalue weighted by molar-refractivity contribution is -0.119. The molecule has 0 unspecified atom stereocenters. The monoisotopic (exact) mass is 266 g/mol. The van der Waals surface area contributed by atoms with Crippen LogP contribution in [0, 0.1) is 5.41 Å². The zero-order chi connectivity index (χ0) is 14.3. The number of benzene rings is 1. The van der Waals surface area contributed by atoms with Crippen LogP contribution in [0.2, 0.25) is 0 Å². The van der Waals surface area contributed by atoms with Crippen LogP contribution < -0.4 is 15.8 Å². The fourth-order valence-corrected chi connectivity index (χ4v) is 1.46. The minimum Gasteiger partial charge on any atom is -0.484 e. The molecule has 0 atom stereocenters. The number of carbonyl (C=O) groups is 1. The summed E-state index contributed by atoms with van der Waals surface area (Å²) in [5.74, 6) is 0.134. The molecule has 0 saturated heterocycles. The van der Waals surface area contributed by atoms with Crippen molar-refractivity contribution in [2.24, 2.45) is 11.1 Å². The van der Waals surface area contributed by atoms with Gasteiger partial charge in [0.1, 0.15) is 5.75 Å². The minimum absolute atomic E-state index is 0.109. The molecule has 0 heterocycles. The molecule has 0 aliphatic rings. The second-order valence-electron chi connectivity index (χ2n) is 5.32. The van der Waals surface area contributed by atoms with Crippen LogP contribution in [-0.4, -0.2) is 30.8 Å². The number of ether oxygens (including phenoxy) is 1. The molecule has 1 amide bonds. The molecule has 1 aromatic rings. The molecule has 0 aromatic heterocycles. The predicted molar refractivity (Wildman–Crippen MR) is 73.7 cm³/mol. The molecule has 0 bridgehead atoms. The van der Waals surface area contributed by atoms with E-state index in [9.17, 15) is 4.79 Å². The van der Waals surface area contributed by atoms with Gasteiger partial charge >= 0.3 is 0 Å². The van der Waals surface area contributed by atoms with Crippen molar-refractivity contribution < 1.29 is 14.6 Å². The average Bonchev–Trinajstić information content (AvgIpc) is 2.37. The highest BCUT2D eigenvalue weighted by atomic mass is 16.5. The Morgan fingerprint density at radius 2 is 2.00 bits per heavy atom. The summed E-state index contributed by atoms with van der Waals surface area (Å²) in [6, 6.07) is 7.46. The molecule has 0 radical (unpaired) electrons. The van der Waals surface area contributed by atoms with Crippen LogP contribution in [0.5, 0.6) is 5.75 Å². The third kappa shape index (κ3) is 6.22. The minimum atomic E-state index is -0.489. The normalized spacial score (nSPS) is 11.3. The zero-order valence-electron chi connectivity index (χ0n) is 11.5. The van der Waals surface area contributed by atoms with Crippen molar-refractivity contribution in [3.8, 4) is 5.75 Å². The van der Waals surface area contributed by atoms with E-state index < -0.39 is 5.91 Å². The number of nitrogens with two attached hydrogens (primary N) is 1. The Morgan fingerprint density at radius 3 is 2.53 bits per heavy atom. The fraction of sp³-hybridized carbons (Fsp3) is 0.500. The number of rotatable bonds is 8. The van der Waals surface area contributed by atoms with Crippen LogP contribution in [0.3, 0.4) is 0 Å². The van der Waals surface area contributed by atoms with Gasteiger partial charge in [0.15, 0.2) is 6.61 Å². The topological polar surface area (TPSA) is 84.6 Å². The Balaban J connectivity index is 2.38. The van der Waals surface area contributed by atoms with E-state index in [1.807, 2.05) is 26.0 Å². The molecule has 0 aliphatic heterocycles. The summed E-state index contributed by atoms with van der Waals surface area (Å²) in [7, 11) is 0. The summed E-state index contributed by atoms with van der Waals surface area (Å²) in [6.07, 6.45) is 0. The highest BCUT2D eigenvalue weighted by Gasteiger charge is 2.15. The van der Waals surface area contributed by atoms with Crippen molar-refractivity contribution in [1.29, 1.82) is 0 Å². The lowest BCUT2D eigenvalue weighted by Gasteiger charge is -2.21. The lowest BCUT2D eigenvalue weighted by Crippen LogP contribution is -2.31. The van der Waals surface area contributed by atoms with Gasteiger partial charge in [-0.25, -0.2) is 0 Å². The van der Waals surface area contributed by atoms with Gasteiger partial charge in [0, 0.05) is 25.1 Å². The van der Waals surface area contributed by atoms with Gasteiger partial charge in [-0.2, -0.15) is 0 Å². The summed E-state index contributed by atoms with van der Waals surface area (Å²) in [6.45, 7) is 5.51. The first-order valence-electron chi connectivity index (χ1n) is 6.24. The number of nitrogens with one attached hydrogen (secondary N) is 1. The van der Waals surface area contributed by atoms with Crippen LogP contribution in [0.25, 0.3) is 0 Å². The summed E-state index contributed by atoms with van der Waals surface area (Å²) in [5.41, 5.74) is 5.99. The molecule has 0 aliphatic carbocycles. The van der Waals surface area contributed by atoms with E-state index >= 15 is 0 Å². The SMILES string of the molecule is CC(C)(CO)CNCc1ccc(OCC(N)=O)cc1. The van der Waals surface area contributed by atoms with Crippen molar-refractivity contribution in [2.75, 3.05) is 19.8 Å². The fourth-order valence-electron chi connectivity index (χ4n) is 1.46. The number of hydrogen-bond acceptors (Lipinski definition) is 4. The van der Waals surface area contributed by atoms with Crippen LogP contribution in [0.1, 0.15) is 19.4 Å². The molecule has 0 fully saturated rings. The van der Waals surface area contributed by atoms with Gasteiger partial charge in [-0.05, 0) is 17.7 Å². The van der Waals surface area contributed by atoms with E-state index in [0.717, 1.165) is 18.7 Å². The van der Waals surface area contributed by atoms with Gasteiger partial charge in [-0.3, -0.25) is 4.79 Å². The van der Waals surface area contributed by atoms with Crippen LogP contribution in [0.15, 0.2) is 24.3 Å². The smallest absolute Gasteiger partial charge is 0.255 e. The Bertz CT molecular complexity index is 402. The molecule has 1 aromatic carbocycles. The maximum Gasteiger partial charge on any atom is 0.255 e. The number of hydrogen-bond donors (Lipinski definition) is 3. The van der Waals surface area contributed by atoms with Crippen LogP contribution >= 0.6 is 0 Å². The van der Waals surface area contributed by atoms with Gasteiger partial charge in [-0.1, -0.05) is 26.0 Å². The number of carbonyl (C=O) groups excluding carboxylic acids is 1.